The summed E-state index contributed by atoms with van der Waals surface area (Å²) in [5, 5.41) is 0. The fourth-order valence-electron chi connectivity index (χ4n) is 4.50. The maximum absolute atomic E-state index is 6.50. The third kappa shape index (κ3) is 4.89. The van der Waals surface area contributed by atoms with Crippen molar-refractivity contribution in [2.45, 2.75) is 25.7 Å². The SMILES string of the molecule is C[N+]1(CCCOc2c(-c3ccccc3)cccc2-c2ccccc2)CCCCC1. The first-order valence-electron chi connectivity index (χ1n) is 11.0. The van der Waals surface area contributed by atoms with E-state index in [1.165, 1.54) is 65.6 Å². The molecule has 0 amide bonds. The summed E-state index contributed by atoms with van der Waals surface area (Å²) in [6.45, 7) is 4.59. The summed E-state index contributed by atoms with van der Waals surface area (Å²) in [5.41, 5.74) is 4.75. The number of hydrogen-bond donors (Lipinski definition) is 0. The van der Waals surface area contributed by atoms with Crippen LogP contribution >= 0.6 is 0 Å². The van der Waals surface area contributed by atoms with Gasteiger partial charge in [-0.1, -0.05) is 78.9 Å². The van der Waals surface area contributed by atoms with E-state index in [0.29, 0.717) is 0 Å². The Morgan fingerprint density at radius 2 is 1.24 bits per heavy atom. The molecule has 0 aliphatic carbocycles. The first kappa shape index (κ1) is 19.7. The van der Waals surface area contributed by atoms with Crippen LogP contribution in [0.3, 0.4) is 0 Å². The fraction of sp³-hybridized carbons (Fsp3) is 0.333. The van der Waals surface area contributed by atoms with Gasteiger partial charge in [0.2, 0.25) is 0 Å². The molecular weight excluding hydrogens is 354 g/mol. The average molecular weight is 387 g/mol. The van der Waals surface area contributed by atoms with E-state index in [0.717, 1.165) is 18.8 Å². The van der Waals surface area contributed by atoms with Crippen LogP contribution < -0.4 is 4.74 Å². The molecule has 1 aliphatic heterocycles. The van der Waals surface area contributed by atoms with Gasteiger partial charge in [0.1, 0.15) is 5.75 Å². The second-order valence-electron chi connectivity index (χ2n) is 8.47. The Morgan fingerprint density at radius 1 is 0.690 bits per heavy atom. The zero-order chi connectivity index (χ0) is 19.9. The Labute approximate surface area is 175 Å². The molecule has 0 atom stereocenters. The lowest BCUT2D eigenvalue weighted by Gasteiger charge is -2.37. The fourth-order valence-corrected chi connectivity index (χ4v) is 4.50. The number of rotatable bonds is 7. The zero-order valence-electron chi connectivity index (χ0n) is 17.5. The van der Waals surface area contributed by atoms with Crippen LogP contribution in [0.25, 0.3) is 22.3 Å². The molecule has 0 radical (unpaired) electrons. The molecular formula is C27H32NO+. The molecule has 0 bridgehead atoms. The van der Waals surface area contributed by atoms with Gasteiger partial charge in [-0.05, 0) is 30.4 Å². The molecule has 3 aromatic carbocycles. The lowest BCUT2D eigenvalue weighted by atomic mass is 9.97. The molecule has 3 aromatic rings. The molecule has 1 fully saturated rings. The third-order valence-electron chi connectivity index (χ3n) is 6.17. The number of quaternary nitrogens is 1. The molecule has 150 valence electrons. The van der Waals surface area contributed by atoms with Crippen LogP contribution in [-0.2, 0) is 0 Å². The zero-order valence-corrected chi connectivity index (χ0v) is 17.5. The van der Waals surface area contributed by atoms with E-state index >= 15 is 0 Å². The standard InChI is InChI=1S/C27H32NO/c1-28(19-9-4-10-20-28)21-12-22-29-27-25(23-13-5-2-6-14-23)17-11-18-26(27)24-15-7-3-8-16-24/h2-3,5-8,11,13-18H,4,9-10,12,19-22H2,1H3/q+1. The van der Waals surface area contributed by atoms with Gasteiger partial charge in [-0.15, -0.1) is 0 Å². The number of likely N-dealkylation sites (tertiary alicyclic amines) is 1. The van der Waals surface area contributed by atoms with Gasteiger partial charge in [0.15, 0.2) is 0 Å². The number of piperidine rings is 1. The molecule has 4 rings (SSSR count). The monoisotopic (exact) mass is 386 g/mol. The number of hydrogen-bond acceptors (Lipinski definition) is 1. The Morgan fingerprint density at radius 3 is 1.79 bits per heavy atom. The largest absolute Gasteiger partial charge is 0.492 e. The van der Waals surface area contributed by atoms with Gasteiger partial charge in [-0.3, -0.25) is 0 Å². The summed E-state index contributed by atoms with van der Waals surface area (Å²) in [6, 6.07) is 27.6. The molecule has 0 aromatic heterocycles. The van der Waals surface area contributed by atoms with Crippen LogP contribution in [0.1, 0.15) is 25.7 Å². The van der Waals surface area contributed by atoms with E-state index in [1.807, 2.05) is 0 Å². The summed E-state index contributed by atoms with van der Waals surface area (Å²) in [6.07, 6.45) is 5.22. The van der Waals surface area contributed by atoms with Gasteiger partial charge in [-0.25, -0.2) is 0 Å². The van der Waals surface area contributed by atoms with E-state index < -0.39 is 0 Å². The van der Waals surface area contributed by atoms with Gasteiger partial charge in [-0.2, -0.15) is 0 Å². The maximum atomic E-state index is 6.50. The summed E-state index contributed by atoms with van der Waals surface area (Å²) in [5.74, 6) is 1.01. The molecule has 0 N–H and O–H groups in total. The number of benzene rings is 3. The highest BCUT2D eigenvalue weighted by Gasteiger charge is 2.24. The van der Waals surface area contributed by atoms with Crippen LogP contribution in [-0.4, -0.2) is 37.8 Å². The predicted octanol–water partition coefficient (Wildman–Crippen LogP) is 6.42. The van der Waals surface area contributed by atoms with E-state index in [1.54, 1.807) is 0 Å². The van der Waals surface area contributed by atoms with E-state index in [9.17, 15) is 0 Å². The number of para-hydroxylation sites is 1. The summed E-state index contributed by atoms with van der Waals surface area (Å²) in [7, 11) is 2.41. The molecule has 29 heavy (non-hydrogen) atoms. The minimum Gasteiger partial charge on any atom is -0.492 e. The molecule has 0 saturated carbocycles. The first-order valence-corrected chi connectivity index (χ1v) is 11.0. The topological polar surface area (TPSA) is 9.23 Å². The molecule has 0 spiro atoms. The third-order valence-corrected chi connectivity index (χ3v) is 6.17. The van der Waals surface area contributed by atoms with Gasteiger partial charge < -0.3 is 9.22 Å². The van der Waals surface area contributed by atoms with Crippen molar-refractivity contribution in [1.82, 2.24) is 0 Å². The minimum absolute atomic E-state index is 0.761. The van der Waals surface area contributed by atoms with Crippen LogP contribution in [0, 0.1) is 0 Å². The Balaban J connectivity index is 1.56. The second-order valence-corrected chi connectivity index (χ2v) is 8.47. The van der Waals surface area contributed by atoms with Crippen LogP contribution in [0.15, 0.2) is 78.9 Å². The molecule has 0 unspecified atom stereocenters. The molecule has 1 heterocycles. The lowest BCUT2D eigenvalue weighted by molar-refractivity contribution is -0.914. The smallest absolute Gasteiger partial charge is 0.134 e. The van der Waals surface area contributed by atoms with E-state index in [4.69, 9.17) is 4.74 Å². The highest BCUT2D eigenvalue weighted by molar-refractivity contribution is 5.82. The van der Waals surface area contributed by atoms with Crippen molar-refractivity contribution in [3.05, 3.63) is 78.9 Å². The quantitative estimate of drug-likeness (QED) is 0.336. The van der Waals surface area contributed by atoms with Crippen molar-refractivity contribution >= 4 is 0 Å². The van der Waals surface area contributed by atoms with Crippen LogP contribution in [0.5, 0.6) is 5.75 Å². The Kier molecular flexibility index (Phi) is 6.31. The summed E-state index contributed by atoms with van der Waals surface area (Å²) >= 11 is 0. The average Bonchev–Trinajstić information content (AvgIpc) is 2.78. The van der Waals surface area contributed by atoms with Gasteiger partial charge in [0.25, 0.3) is 0 Å². The van der Waals surface area contributed by atoms with Gasteiger partial charge in [0, 0.05) is 17.5 Å². The first-order chi connectivity index (χ1) is 14.3. The summed E-state index contributed by atoms with van der Waals surface area (Å²) in [4.78, 5) is 0. The maximum Gasteiger partial charge on any atom is 0.134 e. The molecule has 2 nitrogen and oxygen atoms in total. The van der Waals surface area contributed by atoms with Crippen molar-refractivity contribution in [1.29, 1.82) is 0 Å². The van der Waals surface area contributed by atoms with Gasteiger partial charge in [0.05, 0.1) is 33.3 Å². The highest BCUT2D eigenvalue weighted by Crippen LogP contribution is 2.39. The lowest BCUT2D eigenvalue weighted by Crippen LogP contribution is -2.48. The van der Waals surface area contributed by atoms with Gasteiger partial charge >= 0.3 is 0 Å². The van der Waals surface area contributed by atoms with Crippen molar-refractivity contribution in [2.24, 2.45) is 0 Å². The van der Waals surface area contributed by atoms with Crippen LogP contribution in [0.4, 0.5) is 0 Å². The molecule has 1 saturated heterocycles. The van der Waals surface area contributed by atoms with Crippen molar-refractivity contribution in [2.75, 3.05) is 33.3 Å². The van der Waals surface area contributed by atoms with Crippen molar-refractivity contribution < 1.29 is 9.22 Å². The molecule has 2 heteroatoms. The Hall–Kier alpha value is -2.58. The summed E-state index contributed by atoms with van der Waals surface area (Å²) < 4.78 is 7.71. The number of nitrogens with zero attached hydrogens (tertiary/aromatic N) is 1. The van der Waals surface area contributed by atoms with Crippen molar-refractivity contribution in [3.8, 4) is 28.0 Å². The van der Waals surface area contributed by atoms with E-state index in [2.05, 4.69) is 85.9 Å². The highest BCUT2D eigenvalue weighted by atomic mass is 16.5. The van der Waals surface area contributed by atoms with Crippen molar-refractivity contribution in [3.63, 3.8) is 0 Å². The Bertz CT molecular complexity index is 841. The van der Waals surface area contributed by atoms with E-state index in [-0.39, 0.29) is 0 Å². The second kappa shape index (κ2) is 9.28. The predicted molar refractivity (Wildman–Crippen MR) is 122 cm³/mol. The minimum atomic E-state index is 0.761. The number of ether oxygens (including phenoxy) is 1. The normalized spacial score (nSPS) is 15.8. The molecule has 1 aliphatic rings. The van der Waals surface area contributed by atoms with Crippen LogP contribution in [0.2, 0.25) is 0 Å².